The molecular formula is C45H51N4O4+. The third kappa shape index (κ3) is 8.96. The van der Waals surface area contributed by atoms with Crippen LogP contribution in [-0.4, -0.2) is 49.3 Å². The first-order valence-electron chi connectivity index (χ1n) is 19.2. The van der Waals surface area contributed by atoms with E-state index in [9.17, 15) is 15.2 Å². The van der Waals surface area contributed by atoms with E-state index < -0.39 is 11.0 Å². The van der Waals surface area contributed by atoms with Gasteiger partial charge in [-0.2, -0.15) is 0 Å². The van der Waals surface area contributed by atoms with Gasteiger partial charge in [0.25, 0.3) is 0 Å². The molecule has 1 unspecified atom stereocenters. The van der Waals surface area contributed by atoms with E-state index in [1.165, 1.54) is 59.8 Å². The molecule has 274 valence electrons. The fraction of sp³-hybridized carbons (Fsp3) is 0.333. The van der Waals surface area contributed by atoms with Gasteiger partial charge in [-0.1, -0.05) is 91.0 Å². The summed E-state index contributed by atoms with van der Waals surface area (Å²) >= 11 is 0. The number of ether oxygens (including phenoxy) is 1. The highest BCUT2D eigenvalue weighted by atomic mass is 16.6. The van der Waals surface area contributed by atoms with E-state index >= 15 is 0 Å². The molecule has 8 nitrogen and oxygen atoms in total. The van der Waals surface area contributed by atoms with E-state index in [-0.39, 0.29) is 30.5 Å². The second-order valence-electron chi connectivity index (χ2n) is 14.6. The molecule has 0 saturated carbocycles. The number of hydrogen-bond donors (Lipinski definition) is 2. The summed E-state index contributed by atoms with van der Waals surface area (Å²) in [6.45, 7) is 6.75. The van der Waals surface area contributed by atoms with Crippen molar-refractivity contribution in [1.29, 1.82) is 0 Å². The molecular weight excluding hydrogens is 661 g/mol. The monoisotopic (exact) mass is 711 g/mol. The van der Waals surface area contributed by atoms with E-state index in [1.807, 2.05) is 30.3 Å². The minimum absolute atomic E-state index is 0.153. The van der Waals surface area contributed by atoms with Gasteiger partial charge in [-0.05, 0) is 78.4 Å². The molecule has 2 heterocycles. The number of nitro benzene ring substituents is 1. The van der Waals surface area contributed by atoms with Crippen LogP contribution < -0.4 is 19.4 Å². The Kier molecular flexibility index (Phi) is 11.8. The van der Waals surface area contributed by atoms with Gasteiger partial charge >= 0.3 is 5.69 Å². The minimum Gasteiger partial charge on any atom is -0.482 e. The van der Waals surface area contributed by atoms with Crippen LogP contribution >= 0.6 is 0 Å². The van der Waals surface area contributed by atoms with Crippen molar-refractivity contribution in [3.8, 4) is 5.75 Å². The van der Waals surface area contributed by atoms with Crippen LogP contribution in [0.1, 0.15) is 71.9 Å². The molecule has 2 aliphatic rings. The zero-order chi connectivity index (χ0) is 36.5. The summed E-state index contributed by atoms with van der Waals surface area (Å²) in [6, 6.07) is 43.6. The van der Waals surface area contributed by atoms with Gasteiger partial charge in [-0.3, -0.25) is 14.6 Å². The smallest absolute Gasteiger partial charge is 0.311 e. The second-order valence-corrected chi connectivity index (χ2v) is 14.6. The van der Waals surface area contributed by atoms with Crippen LogP contribution in [0.15, 0.2) is 127 Å². The number of aliphatic hydroxyl groups is 1. The highest BCUT2D eigenvalue weighted by Gasteiger charge is 2.35. The van der Waals surface area contributed by atoms with Crippen molar-refractivity contribution >= 4 is 17.1 Å². The van der Waals surface area contributed by atoms with Crippen molar-refractivity contribution in [2.45, 2.75) is 57.3 Å². The van der Waals surface area contributed by atoms with Gasteiger partial charge in [0.1, 0.15) is 18.8 Å². The maximum Gasteiger partial charge on any atom is 0.311 e. The minimum atomic E-state index is -0.903. The lowest BCUT2D eigenvalue weighted by molar-refractivity contribution is -0.386. The Hall–Kier alpha value is -5.02. The average Bonchev–Trinajstić information content (AvgIpc) is 3.92. The number of nitro groups is 1. The van der Waals surface area contributed by atoms with Gasteiger partial charge < -0.3 is 20.1 Å². The number of likely N-dealkylation sites (tertiary alicyclic amines) is 1. The summed E-state index contributed by atoms with van der Waals surface area (Å²) in [7, 11) is 0. The highest BCUT2D eigenvalue weighted by molar-refractivity contribution is 5.52. The zero-order valence-corrected chi connectivity index (χ0v) is 30.5. The number of benzene rings is 5. The largest absolute Gasteiger partial charge is 0.482 e. The molecule has 0 aromatic heterocycles. The van der Waals surface area contributed by atoms with Crippen molar-refractivity contribution in [1.82, 2.24) is 9.80 Å². The average molecular weight is 712 g/mol. The van der Waals surface area contributed by atoms with Crippen molar-refractivity contribution in [2.24, 2.45) is 0 Å². The molecule has 2 fully saturated rings. The Balaban J connectivity index is 1.04. The third-order valence-electron chi connectivity index (χ3n) is 11.1. The fourth-order valence-corrected chi connectivity index (χ4v) is 8.17. The zero-order valence-electron chi connectivity index (χ0n) is 30.5. The van der Waals surface area contributed by atoms with Crippen LogP contribution in [0.25, 0.3) is 0 Å². The summed E-state index contributed by atoms with van der Waals surface area (Å²) in [5.41, 5.74) is 7.86. The van der Waals surface area contributed by atoms with E-state index in [4.69, 9.17) is 4.74 Å². The molecule has 8 heteroatoms. The Morgan fingerprint density at radius 3 is 2.00 bits per heavy atom. The first kappa shape index (κ1) is 36.3. The van der Waals surface area contributed by atoms with Crippen LogP contribution in [-0.2, 0) is 13.2 Å². The summed E-state index contributed by atoms with van der Waals surface area (Å²) in [4.78, 5) is 13.9. The van der Waals surface area contributed by atoms with Gasteiger partial charge in [0.2, 0.25) is 0 Å². The van der Waals surface area contributed by atoms with E-state index in [0.717, 1.165) is 49.2 Å². The number of nitrogens with one attached hydrogen (secondary N) is 1. The normalized spacial score (nSPS) is 16.4. The van der Waals surface area contributed by atoms with Crippen LogP contribution in [0.4, 0.5) is 17.1 Å². The lowest BCUT2D eigenvalue weighted by atomic mass is 9.88. The number of anilines is 1. The third-order valence-corrected chi connectivity index (χ3v) is 11.1. The molecule has 2 aliphatic heterocycles. The predicted octanol–water partition coefficient (Wildman–Crippen LogP) is 8.92. The molecule has 53 heavy (non-hydrogen) atoms. The molecule has 2 N–H and O–H groups in total. The lowest BCUT2D eigenvalue weighted by Crippen LogP contribution is -2.45. The van der Waals surface area contributed by atoms with Crippen LogP contribution in [0.5, 0.6) is 5.75 Å². The predicted molar refractivity (Wildman–Crippen MR) is 213 cm³/mol. The summed E-state index contributed by atoms with van der Waals surface area (Å²) < 4.78 is 6.79. The number of aliphatic hydroxyl groups excluding tert-OH is 1. The molecule has 2 saturated heterocycles. The van der Waals surface area contributed by atoms with Crippen molar-refractivity contribution in [3.05, 3.63) is 165 Å². The maximum absolute atomic E-state index is 11.9. The quantitative estimate of drug-likeness (QED) is 0.0460. The number of quaternary nitrogens is 1. The van der Waals surface area contributed by atoms with Crippen molar-refractivity contribution in [3.63, 3.8) is 0 Å². The summed E-state index contributed by atoms with van der Waals surface area (Å²) in [5.74, 6) is 0.356. The Morgan fingerprint density at radius 1 is 0.755 bits per heavy atom. The molecule has 0 spiro atoms. The van der Waals surface area contributed by atoms with E-state index in [1.54, 1.807) is 12.1 Å². The molecule has 0 aliphatic carbocycles. The standard InChI is InChI=1S/C45H51N4O4/c50-44(39-19-24-45(43(31-39)48(51)52)53-34-36-13-5-2-6-14-36)32-46-26-25-42(37-15-20-40(21-16-37)47-27-7-8-28-47)38-17-22-41(23-18-38)49(29-9-10-30-49)33-35-11-3-1-4-12-35/h1-6,11-24,31,42,44,46,50H,7-10,25-30,32-34H2/q+1/t42?,44-/m0/s1. The highest BCUT2D eigenvalue weighted by Crippen LogP contribution is 2.36. The first-order valence-corrected chi connectivity index (χ1v) is 19.2. The van der Waals surface area contributed by atoms with Crippen LogP contribution in [0, 0.1) is 10.1 Å². The van der Waals surface area contributed by atoms with Crippen LogP contribution in [0.3, 0.4) is 0 Å². The van der Waals surface area contributed by atoms with Crippen molar-refractivity contribution < 1.29 is 14.8 Å². The number of hydrogen-bond acceptors (Lipinski definition) is 6. The topological polar surface area (TPSA) is 87.9 Å². The molecule has 2 atom stereocenters. The van der Waals surface area contributed by atoms with E-state index in [0.29, 0.717) is 12.1 Å². The molecule has 7 rings (SSSR count). The Morgan fingerprint density at radius 2 is 1.36 bits per heavy atom. The van der Waals surface area contributed by atoms with E-state index in [2.05, 4.69) is 89.1 Å². The van der Waals surface area contributed by atoms with Crippen molar-refractivity contribution in [2.75, 3.05) is 44.2 Å². The number of rotatable bonds is 16. The van der Waals surface area contributed by atoms with Gasteiger partial charge in [-0.15, -0.1) is 0 Å². The Bertz CT molecular complexity index is 1910. The van der Waals surface area contributed by atoms with Gasteiger partial charge in [0.15, 0.2) is 5.75 Å². The summed E-state index contributed by atoms with van der Waals surface area (Å²) in [6.07, 6.45) is 4.93. The SMILES string of the molecule is O=[N+]([O-])c1cc([C@@H](O)CNCCC(c2ccc(N3CCCC3)cc2)c2ccc([N+]3(Cc4ccccc4)CCCC3)cc2)ccc1OCc1ccccc1. The lowest BCUT2D eigenvalue weighted by Gasteiger charge is -2.34. The second kappa shape index (κ2) is 17.2. The maximum atomic E-state index is 11.9. The first-order chi connectivity index (χ1) is 26.0. The van der Waals surface area contributed by atoms with Crippen LogP contribution in [0.2, 0.25) is 0 Å². The molecule has 0 amide bonds. The molecule has 5 aromatic rings. The van der Waals surface area contributed by atoms with Gasteiger partial charge in [0.05, 0.1) is 24.1 Å². The summed E-state index contributed by atoms with van der Waals surface area (Å²) in [5, 5.41) is 26.5. The molecule has 5 aromatic carbocycles. The molecule has 0 radical (unpaired) electrons. The number of nitrogens with zero attached hydrogens (tertiary/aromatic N) is 3. The van der Waals surface area contributed by atoms with Gasteiger partial charge in [-0.25, -0.2) is 0 Å². The Labute approximate surface area is 313 Å². The fourth-order valence-electron chi connectivity index (χ4n) is 8.17. The van der Waals surface area contributed by atoms with Gasteiger partial charge in [0, 0.05) is 55.7 Å². The molecule has 0 bridgehead atoms.